The smallest absolute Gasteiger partial charge is 0.252 e. The quantitative estimate of drug-likeness (QED) is 0.0948. The van der Waals surface area contributed by atoms with E-state index in [0.717, 1.165) is 128 Å². The average Bonchev–Trinajstić information content (AvgIpc) is 0.869. The largest absolute Gasteiger partial charge is 0.311 e. The minimum Gasteiger partial charge on any atom is -0.311 e. The molecule has 550 valence electrons. The summed E-state index contributed by atoms with van der Waals surface area (Å²) in [5, 5.41) is 2.32. The number of hydrogen-bond acceptors (Lipinski definition) is 2. The summed E-state index contributed by atoms with van der Waals surface area (Å²) >= 11 is 0. The third kappa shape index (κ3) is 12.5. The van der Waals surface area contributed by atoms with Crippen molar-refractivity contribution >= 4 is 79.0 Å². The molecular weight excluding hydrogens is 1420 g/mol. The van der Waals surface area contributed by atoms with Crippen LogP contribution >= 0.6 is 0 Å². The van der Waals surface area contributed by atoms with Crippen LogP contribution in [0.5, 0.6) is 0 Å². The lowest BCUT2D eigenvalue weighted by molar-refractivity contribution is 1.16. The molecular formula is C114H76BN3. The van der Waals surface area contributed by atoms with Gasteiger partial charge in [-0.1, -0.05) is 364 Å². The van der Waals surface area contributed by atoms with Gasteiger partial charge in [-0.05, 0) is 247 Å². The van der Waals surface area contributed by atoms with Crippen molar-refractivity contribution in [2.24, 2.45) is 0 Å². The van der Waals surface area contributed by atoms with Gasteiger partial charge in [-0.3, -0.25) is 0 Å². The second-order valence-electron chi connectivity index (χ2n) is 31.1. The predicted octanol–water partition coefficient (Wildman–Crippen LogP) is 28.9. The van der Waals surface area contributed by atoms with Crippen LogP contribution in [0.15, 0.2) is 461 Å². The molecule has 22 rings (SSSR count). The molecule has 3 nitrogen and oxygen atoms in total. The lowest BCUT2D eigenvalue weighted by atomic mass is 9.33. The first kappa shape index (κ1) is 69.4. The maximum atomic E-state index is 2.60. The van der Waals surface area contributed by atoms with Crippen molar-refractivity contribution < 1.29 is 0 Å². The highest BCUT2D eigenvalue weighted by Gasteiger charge is 2.44. The van der Waals surface area contributed by atoms with Crippen LogP contribution in [0.4, 0.5) is 34.1 Å². The van der Waals surface area contributed by atoms with Gasteiger partial charge in [0.1, 0.15) is 0 Å². The molecule has 2 aliphatic rings. The van der Waals surface area contributed by atoms with Gasteiger partial charge in [0.2, 0.25) is 0 Å². The molecule has 0 N–H and O–H groups in total. The van der Waals surface area contributed by atoms with Crippen molar-refractivity contribution in [2.75, 3.05) is 9.80 Å². The number of para-hydroxylation sites is 2. The van der Waals surface area contributed by atoms with Gasteiger partial charge in [0.15, 0.2) is 0 Å². The van der Waals surface area contributed by atoms with E-state index in [1.165, 1.54) is 83.1 Å². The zero-order valence-corrected chi connectivity index (χ0v) is 64.8. The van der Waals surface area contributed by atoms with E-state index in [1.54, 1.807) is 0 Å². The first-order valence-corrected chi connectivity index (χ1v) is 40.8. The van der Waals surface area contributed by atoms with Crippen molar-refractivity contribution in [2.45, 2.75) is 0 Å². The van der Waals surface area contributed by atoms with Crippen LogP contribution in [0.25, 0.3) is 161 Å². The molecule has 0 saturated heterocycles. The fourth-order valence-corrected chi connectivity index (χ4v) is 18.5. The van der Waals surface area contributed by atoms with Gasteiger partial charge in [0.05, 0.1) is 16.7 Å². The monoisotopic (exact) mass is 1500 g/mol. The molecule has 20 aromatic rings. The van der Waals surface area contributed by atoms with Crippen molar-refractivity contribution in [3.63, 3.8) is 0 Å². The third-order valence-corrected chi connectivity index (χ3v) is 24.1. The molecule has 0 unspecified atom stereocenters. The zero-order valence-electron chi connectivity index (χ0n) is 64.8. The summed E-state index contributed by atoms with van der Waals surface area (Å²) in [7, 11) is 0. The number of nitrogens with zero attached hydrogens (tertiary/aromatic N) is 3. The van der Waals surface area contributed by atoms with E-state index in [-0.39, 0.29) is 6.71 Å². The van der Waals surface area contributed by atoms with Gasteiger partial charge in [-0.15, -0.1) is 0 Å². The molecule has 118 heavy (non-hydrogen) atoms. The van der Waals surface area contributed by atoms with E-state index in [1.807, 2.05) is 0 Å². The second kappa shape index (κ2) is 29.6. The maximum absolute atomic E-state index is 2.60. The normalized spacial score (nSPS) is 12.0. The SMILES string of the molecule is c1ccc(-c2ccc(-c3ccccc3-c3ccc4c(c3)B3c5cc(-c6ccccc6-c6ccc(-c7ccccc7)cc6)ccc5N(c5ccccc5)c5cc(-n6c7cc(-c8cc(-c9ccccc9)cc(-c9ccccc9)c8)ccc7c7ccc(-c8cc(-c9ccccc9)cc(-c9ccccc9)c8)cc76)cc(c53)N4c3ccccc3)cc2)cc1. The van der Waals surface area contributed by atoms with E-state index in [2.05, 4.69) is 475 Å². The van der Waals surface area contributed by atoms with Crippen molar-refractivity contribution in [1.82, 2.24) is 4.57 Å². The van der Waals surface area contributed by atoms with E-state index >= 15 is 0 Å². The Morgan fingerprint density at radius 1 is 0.153 bits per heavy atom. The standard InChI is InChI=1S/C114H76BN3/c1-9-29-77(30-10-1)83-49-53-85(54-50-83)100-45-25-27-47-102(100)89-59-63-108-106(71-89)115-107-72-90(103-48-28-26-46-101(103)86-55-51-84(52-56-86)78-31-11-2-12-32-78)60-64-109(107)117(98-43-23-8-24-44-98)113-76-99(75-112(114(113)115)116(108)97-41-21-7-22-42-97)118-110-73-87(95-67-91(79-33-13-3-14-34-79)65-92(68-95)80-35-15-4-16-36-80)57-61-104(110)105-62-58-88(74-111(105)118)96-69-93(81-37-17-5-18-38-81)66-94(70-96)82-39-19-6-20-40-82/h1-76H. The summed E-state index contributed by atoms with van der Waals surface area (Å²) in [6.07, 6.45) is 0. The Bertz CT molecular complexity index is 6630. The molecule has 1 aromatic heterocycles. The van der Waals surface area contributed by atoms with Crippen molar-refractivity contribution in [1.29, 1.82) is 0 Å². The van der Waals surface area contributed by atoms with Crippen LogP contribution in [0.2, 0.25) is 0 Å². The number of fused-ring (bicyclic) bond motifs is 7. The fourth-order valence-electron chi connectivity index (χ4n) is 18.5. The van der Waals surface area contributed by atoms with Gasteiger partial charge in [-0.2, -0.15) is 0 Å². The number of benzene rings is 19. The molecule has 0 fully saturated rings. The molecule has 0 spiro atoms. The van der Waals surface area contributed by atoms with E-state index in [9.17, 15) is 0 Å². The van der Waals surface area contributed by atoms with Crippen LogP contribution in [0.1, 0.15) is 0 Å². The van der Waals surface area contributed by atoms with Crippen LogP contribution in [-0.4, -0.2) is 11.3 Å². The topological polar surface area (TPSA) is 11.4 Å². The lowest BCUT2D eigenvalue weighted by Crippen LogP contribution is -2.61. The first-order valence-electron chi connectivity index (χ1n) is 40.8. The van der Waals surface area contributed by atoms with Gasteiger partial charge < -0.3 is 14.4 Å². The molecule has 2 aliphatic heterocycles. The maximum Gasteiger partial charge on any atom is 0.252 e. The predicted molar refractivity (Wildman–Crippen MR) is 500 cm³/mol. The molecule has 0 saturated carbocycles. The summed E-state index contributed by atoms with van der Waals surface area (Å²) in [5.74, 6) is 0. The molecule has 3 heterocycles. The summed E-state index contributed by atoms with van der Waals surface area (Å²) in [6.45, 7) is -0.263. The fraction of sp³-hybridized carbons (Fsp3) is 0. The molecule has 0 atom stereocenters. The highest BCUT2D eigenvalue weighted by atomic mass is 15.2. The first-order chi connectivity index (χ1) is 58.5. The Kier molecular flexibility index (Phi) is 17.4. The van der Waals surface area contributed by atoms with Crippen LogP contribution < -0.4 is 26.2 Å². The number of rotatable bonds is 15. The summed E-state index contributed by atoms with van der Waals surface area (Å²) in [6, 6.07) is 171. The Labute approximate surface area is 689 Å². The van der Waals surface area contributed by atoms with Gasteiger partial charge in [0, 0.05) is 44.9 Å². The summed E-state index contributed by atoms with van der Waals surface area (Å²) in [4.78, 5) is 5.15. The van der Waals surface area contributed by atoms with Crippen molar-refractivity contribution in [3.8, 4) is 139 Å². The Morgan fingerprint density at radius 3 is 0.720 bits per heavy atom. The summed E-state index contributed by atoms with van der Waals surface area (Å²) in [5.41, 5.74) is 41.4. The highest BCUT2D eigenvalue weighted by molar-refractivity contribution is 7.00. The zero-order chi connectivity index (χ0) is 78.0. The minimum atomic E-state index is -0.263. The van der Waals surface area contributed by atoms with Crippen molar-refractivity contribution in [3.05, 3.63) is 461 Å². The van der Waals surface area contributed by atoms with Gasteiger partial charge >= 0.3 is 0 Å². The van der Waals surface area contributed by atoms with E-state index < -0.39 is 0 Å². The highest BCUT2D eigenvalue weighted by Crippen LogP contribution is 2.50. The second-order valence-corrected chi connectivity index (χ2v) is 31.1. The number of aromatic nitrogens is 1. The van der Waals surface area contributed by atoms with Gasteiger partial charge in [-0.25, -0.2) is 0 Å². The molecule has 0 radical (unpaired) electrons. The summed E-state index contributed by atoms with van der Waals surface area (Å²) < 4.78 is 2.60. The molecule has 19 aromatic carbocycles. The minimum absolute atomic E-state index is 0.263. The third-order valence-electron chi connectivity index (χ3n) is 24.1. The molecule has 4 heteroatoms. The molecule has 0 bridgehead atoms. The Morgan fingerprint density at radius 2 is 0.398 bits per heavy atom. The van der Waals surface area contributed by atoms with Crippen LogP contribution in [0, 0.1) is 0 Å². The number of hydrogen-bond donors (Lipinski definition) is 0. The molecule has 0 amide bonds. The van der Waals surface area contributed by atoms with E-state index in [0.29, 0.717) is 0 Å². The van der Waals surface area contributed by atoms with Crippen LogP contribution in [-0.2, 0) is 0 Å². The Balaban J connectivity index is 0.810. The van der Waals surface area contributed by atoms with Crippen LogP contribution in [0.3, 0.4) is 0 Å². The number of anilines is 6. The molecule has 0 aliphatic carbocycles. The lowest BCUT2D eigenvalue weighted by Gasteiger charge is -2.44. The average molecular weight is 1500 g/mol. The van der Waals surface area contributed by atoms with E-state index in [4.69, 9.17) is 0 Å². The van der Waals surface area contributed by atoms with Gasteiger partial charge in [0.25, 0.3) is 6.71 Å². The Hall–Kier alpha value is -15.4.